The monoisotopic (exact) mass is 534 g/mol. The van der Waals surface area contributed by atoms with Gasteiger partial charge in [-0.1, -0.05) is 5.21 Å². The molecule has 0 aliphatic heterocycles. The number of hydrogen-bond acceptors (Lipinski definition) is 10. The summed E-state index contributed by atoms with van der Waals surface area (Å²) in [5.74, 6) is 3.46. The number of nitrogens with zero attached hydrogens (tertiary/aromatic N) is 6. The maximum atomic E-state index is 10.3. The summed E-state index contributed by atoms with van der Waals surface area (Å²) in [6.07, 6.45) is 4.50. The molecule has 2 heterocycles. The van der Waals surface area contributed by atoms with Crippen molar-refractivity contribution >= 4 is 17.0 Å². The fraction of sp³-hybridized carbons (Fsp3) is 0.429. The summed E-state index contributed by atoms with van der Waals surface area (Å²) in [6.45, 7) is 0.924. The second-order valence-electron chi connectivity index (χ2n) is 9.59. The smallest absolute Gasteiger partial charge is 0.184 e. The molecule has 0 radical (unpaired) electrons. The quantitative estimate of drug-likeness (QED) is 0.321. The number of anilines is 1. The molecule has 0 saturated heterocycles. The van der Waals surface area contributed by atoms with E-state index in [9.17, 15) is 5.11 Å². The first-order chi connectivity index (χ1) is 19.0. The van der Waals surface area contributed by atoms with Crippen molar-refractivity contribution in [2.24, 2.45) is 0 Å². The molecule has 5 rings (SSSR count). The van der Waals surface area contributed by atoms with Crippen LogP contribution in [0.4, 0.5) is 5.82 Å². The number of fused-ring (bicyclic) bond motifs is 1. The normalized spacial score (nSPS) is 17.2. The van der Waals surface area contributed by atoms with E-state index in [-0.39, 0.29) is 12.1 Å². The Bertz CT molecular complexity index is 1370. The number of methoxy groups -OCH3 is 4. The Morgan fingerprint density at radius 3 is 2.08 bits per heavy atom. The molecule has 0 amide bonds. The maximum absolute atomic E-state index is 10.3. The Labute approximate surface area is 227 Å². The van der Waals surface area contributed by atoms with Gasteiger partial charge in [-0.3, -0.25) is 0 Å². The topological polar surface area (TPSA) is 117 Å². The van der Waals surface area contributed by atoms with Crippen molar-refractivity contribution in [2.75, 3.05) is 33.3 Å². The Hall–Kier alpha value is -4.12. The molecule has 1 aliphatic rings. The predicted molar refractivity (Wildman–Crippen MR) is 146 cm³/mol. The molecule has 1 aliphatic carbocycles. The average molecular weight is 535 g/mol. The second kappa shape index (κ2) is 11.7. The molecule has 2 aromatic heterocycles. The van der Waals surface area contributed by atoms with Gasteiger partial charge in [-0.2, -0.15) is 0 Å². The molecule has 2 aromatic carbocycles. The van der Waals surface area contributed by atoms with Gasteiger partial charge >= 0.3 is 0 Å². The van der Waals surface area contributed by atoms with Gasteiger partial charge in [-0.15, -0.1) is 5.10 Å². The van der Waals surface area contributed by atoms with E-state index in [1.807, 2.05) is 41.1 Å². The van der Waals surface area contributed by atoms with Crippen LogP contribution < -0.4 is 23.8 Å². The Morgan fingerprint density at radius 2 is 1.51 bits per heavy atom. The molecular weight excluding hydrogens is 500 g/mol. The molecule has 11 heteroatoms. The number of aliphatic hydroxyl groups excluding tert-OH is 1. The Kier molecular flexibility index (Phi) is 7.97. The van der Waals surface area contributed by atoms with Crippen LogP contribution >= 0.6 is 0 Å². The molecule has 4 aromatic rings. The van der Waals surface area contributed by atoms with Crippen molar-refractivity contribution in [3.8, 4) is 23.0 Å². The van der Waals surface area contributed by atoms with E-state index in [0.29, 0.717) is 59.5 Å². The zero-order valence-corrected chi connectivity index (χ0v) is 22.7. The van der Waals surface area contributed by atoms with Crippen LogP contribution in [0.2, 0.25) is 0 Å². The lowest BCUT2D eigenvalue weighted by Crippen LogP contribution is -2.25. The highest BCUT2D eigenvalue weighted by molar-refractivity contribution is 5.82. The van der Waals surface area contributed by atoms with Gasteiger partial charge < -0.3 is 29.0 Å². The van der Waals surface area contributed by atoms with Crippen LogP contribution in [0.5, 0.6) is 23.0 Å². The highest BCUT2D eigenvalue weighted by Crippen LogP contribution is 2.34. The Morgan fingerprint density at radius 1 is 0.872 bits per heavy atom. The van der Waals surface area contributed by atoms with E-state index in [1.165, 1.54) is 0 Å². The molecule has 1 saturated carbocycles. The summed E-state index contributed by atoms with van der Waals surface area (Å²) in [4.78, 5) is 11.3. The number of aromatic nitrogens is 5. The van der Waals surface area contributed by atoms with Gasteiger partial charge in [0.05, 0.1) is 40.6 Å². The summed E-state index contributed by atoms with van der Waals surface area (Å²) < 4.78 is 24.0. The van der Waals surface area contributed by atoms with Crippen molar-refractivity contribution in [1.82, 2.24) is 25.0 Å². The molecule has 1 N–H and O–H groups in total. The fourth-order valence-electron chi connectivity index (χ4n) is 5.17. The van der Waals surface area contributed by atoms with Gasteiger partial charge in [-0.05, 0) is 49.9 Å². The van der Waals surface area contributed by atoms with Crippen molar-refractivity contribution in [2.45, 2.75) is 50.9 Å². The second-order valence-corrected chi connectivity index (χ2v) is 9.59. The lowest BCUT2D eigenvalue weighted by molar-refractivity contribution is 0.101. The lowest BCUT2D eigenvalue weighted by atomic mass is 9.93. The lowest BCUT2D eigenvalue weighted by Gasteiger charge is -2.27. The summed E-state index contributed by atoms with van der Waals surface area (Å²) in [5, 5.41) is 19.2. The first-order valence-corrected chi connectivity index (χ1v) is 12.9. The molecule has 2 atom stereocenters. The van der Waals surface area contributed by atoms with Crippen LogP contribution in [0.3, 0.4) is 0 Å². The molecular formula is C28H34N6O5. The molecule has 11 nitrogen and oxygen atoms in total. The van der Waals surface area contributed by atoms with Gasteiger partial charge in [-0.25, -0.2) is 14.6 Å². The van der Waals surface area contributed by atoms with E-state index in [4.69, 9.17) is 18.9 Å². The van der Waals surface area contributed by atoms with E-state index < -0.39 is 0 Å². The number of benzene rings is 2. The van der Waals surface area contributed by atoms with Crippen LogP contribution in [0.25, 0.3) is 11.2 Å². The molecule has 0 bridgehead atoms. The van der Waals surface area contributed by atoms with Crippen LogP contribution in [0.1, 0.15) is 42.9 Å². The van der Waals surface area contributed by atoms with Crippen molar-refractivity contribution in [3.05, 3.63) is 53.9 Å². The van der Waals surface area contributed by atoms with E-state index in [1.54, 1.807) is 34.8 Å². The molecule has 206 valence electrons. The van der Waals surface area contributed by atoms with Gasteiger partial charge in [0.25, 0.3) is 0 Å². The fourth-order valence-corrected chi connectivity index (χ4v) is 5.17. The molecule has 0 spiro atoms. The third-order valence-corrected chi connectivity index (χ3v) is 7.22. The van der Waals surface area contributed by atoms with Crippen LogP contribution in [-0.2, 0) is 13.1 Å². The molecule has 2 unspecified atom stereocenters. The van der Waals surface area contributed by atoms with Crippen LogP contribution in [0.15, 0.2) is 42.7 Å². The van der Waals surface area contributed by atoms with Crippen molar-refractivity contribution < 1.29 is 24.1 Å². The average Bonchev–Trinajstić information content (AvgIpc) is 3.41. The van der Waals surface area contributed by atoms with Gasteiger partial charge in [0.2, 0.25) is 0 Å². The van der Waals surface area contributed by atoms with Crippen molar-refractivity contribution in [3.63, 3.8) is 0 Å². The van der Waals surface area contributed by atoms with Crippen LogP contribution in [0, 0.1) is 0 Å². The SMILES string of the molecule is COc1ccc(CN(Cc2ccc(OC)cc2OC)c2ncnc3c2nnn3C2CCCC(O)C2)c(OC)c1. The molecule has 39 heavy (non-hydrogen) atoms. The minimum atomic E-state index is -0.342. The first kappa shape index (κ1) is 26.5. The Balaban J connectivity index is 1.58. The highest BCUT2D eigenvalue weighted by Gasteiger charge is 2.27. The number of hydrogen-bond donors (Lipinski definition) is 1. The van der Waals surface area contributed by atoms with Crippen LogP contribution in [-0.4, -0.2) is 64.6 Å². The summed E-state index contributed by atoms with van der Waals surface area (Å²) in [7, 11) is 6.54. The number of aliphatic hydroxyl groups is 1. The summed E-state index contributed by atoms with van der Waals surface area (Å²) in [6, 6.07) is 11.5. The minimum absolute atomic E-state index is 0.0401. The zero-order chi connectivity index (χ0) is 27.4. The minimum Gasteiger partial charge on any atom is -0.497 e. The van der Waals surface area contributed by atoms with Gasteiger partial charge in [0.1, 0.15) is 29.3 Å². The third kappa shape index (κ3) is 5.53. The maximum Gasteiger partial charge on any atom is 0.184 e. The predicted octanol–water partition coefficient (Wildman–Crippen LogP) is 3.94. The third-order valence-electron chi connectivity index (χ3n) is 7.22. The number of ether oxygens (including phenoxy) is 4. The number of rotatable bonds is 10. The van der Waals surface area contributed by atoms with Crippen molar-refractivity contribution in [1.29, 1.82) is 0 Å². The van der Waals surface area contributed by atoms with E-state index in [0.717, 1.165) is 30.4 Å². The summed E-state index contributed by atoms with van der Waals surface area (Å²) >= 11 is 0. The van der Waals surface area contributed by atoms with Gasteiger partial charge in [0, 0.05) is 36.3 Å². The summed E-state index contributed by atoms with van der Waals surface area (Å²) in [5.41, 5.74) is 3.13. The van der Waals surface area contributed by atoms with E-state index >= 15 is 0 Å². The zero-order valence-electron chi connectivity index (χ0n) is 22.7. The van der Waals surface area contributed by atoms with Gasteiger partial charge in [0.15, 0.2) is 17.0 Å². The highest BCUT2D eigenvalue weighted by atomic mass is 16.5. The standard InChI is InChI=1S/C28H34N6O5/c1-36-22-10-8-18(24(13-22)38-3)15-33(16-19-9-11-23(37-2)14-25(19)39-4)27-26-28(30-17-29-27)34(32-31-26)20-6-5-7-21(35)12-20/h8-11,13-14,17,20-21,35H,5-7,12,15-16H2,1-4H3. The largest absolute Gasteiger partial charge is 0.497 e. The molecule has 1 fully saturated rings. The van der Waals surface area contributed by atoms with E-state index in [2.05, 4.69) is 25.2 Å². The first-order valence-electron chi connectivity index (χ1n) is 12.9.